The van der Waals surface area contributed by atoms with E-state index < -0.39 is 0 Å². The van der Waals surface area contributed by atoms with E-state index in [1.165, 1.54) is 0 Å². The van der Waals surface area contributed by atoms with Gasteiger partial charge in [0.15, 0.2) is 11.5 Å². The Bertz CT molecular complexity index is 839. The average Bonchev–Trinajstić information content (AvgIpc) is 2.63. The van der Waals surface area contributed by atoms with Crippen LogP contribution in [0.1, 0.15) is 32.4 Å². The number of hydrogen-bond acceptors (Lipinski definition) is 3. The molecule has 0 unspecified atom stereocenters. The van der Waals surface area contributed by atoms with Crippen LogP contribution in [0.25, 0.3) is 0 Å². The van der Waals surface area contributed by atoms with Crippen LogP contribution in [0.5, 0.6) is 23.0 Å². The van der Waals surface area contributed by atoms with Crippen molar-refractivity contribution in [2.45, 2.75) is 26.8 Å². The Kier molecular flexibility index (Phi) is 5.29. The van der Waals surface area contributed by atoms with Gasteiger partial charge in [-0.25, -0.2) is 0 Å². The fraction of sp³-hybridized carbons (Fsp3) is 0.217. The standard InChI is InChI=1S/C23H25NO2/c1-23(2,3)22(24)17-14-15-20(25-18-10-6-4-7-11-18)21(16-17)26-19-12-8-5-9-13-19/h4-16,22H,24H2,1-3H3/t22-/m0/s1. The summed E-state index contributed by atoms with van der Waals surface area (Å²) >= 11 is 0. The van der Waals surface area contributed by atoms with Gasteiger partial charge < -0.3 is 15.2 Å². The van der Waals surface area contributed by atoms with E-state index in [2.05, 4.69) is 20.8 Å². The van der Waals surface area contributed by atoms with Crippen LogP contribution in [0.15, 0.2) is 78.9 Å². The van der Waals surface area contributed by atoms with Crippen LogP contribution in [-0.4, -0.2) is 0 Å². The first-order chi connectivity index (χ1) is 12.4. The van der Waals surface area contributed by atoms with Crippen molar-refractivity contribution in [1.29, 1.82) is 0 Å². The molecule has 0 aliphatic rings. The molecule has 3 aromatic carbocycles. The topological polar surface area (TPSA) is 44.5 Å². The Morgan fingerprint density at radius 3 is 1.69 bits per heavy atom. The molecular weight excluding hydrogens is 322 g/mol. The Labute approximate surface area is 155 Å². The van der Waals surface area contributed by atoms with E-state index in [1.54, 1.807) is 0 Å². The lowest BCUT2D eigenvalue weighted by atomic mass is 9.83. The molecule has 0 bridgehead atoms. The van der Waals surface area contributed by atoms with Crippen molar-refractivity contribution in [1.82, 2.24) is 0 Å². The SMILES string of the molecule is CC(C)(C)[C@@H](N)c1ccc(Oc2ccccc2)c(Oc2ccccc2)c1. The zero-order chi connectivity index (χ0) is 18.6. The first kappa shape index (κ1) is 18.0. The second kappa shape index (κ2) is 7.63. The normalized spacial score (nSPS) is 12.5. The highest BCUT2D eigenvalue weighted by Gasteiger charge is 2.23. The van der Waals surface area contributed by atoms with Crippen LogP contribution in [0.2, 0.25) is 0 Å². The highest BCUT2D eigenvalue weighted by Crippen LogP contribution is 2.39. The molecule has 0 aliphatic carbocycles. The highest BCUT2D eigenvalue weighted by molar-refractivity contribution is 5.48. The highest BCUT2D eigenvalue weighted by atomic mass is 16.5. The van der Waals surface area contributed by atoms with Crippen LogP contribution in [0.4, 0.5) is 0 Å². The molecule has 26 heavy (non-hydrogen) atoms. The van der Waals surface area contributed by atoms with Crippen molar-refractivity contribution in [2.24, 2.45) is 11.1 Å². The van der Waals surface area contributed by atoms with Crippen LogP contribution >= 0.6 is 0 Å². The molecule has 1 atom stereocenters. The summed E-state index contributed by atoms with van der Waals surface area (Å²) in [6, 6.07) is 25.2. The molecule has 3 rings (SSSR count). The molecule has 0 aromatic heterocycles. The molecule has 2 N–H and O–H groups in total. The summed E-state index contributed by atoms with van der Waals surface area (Å²) < 4.78 is 12.1. The molecule has 3 nitrogen and oxygen atoms in total. The lowest BCUT2D eigenvalue weighted by Gasteiger charge is -2.28. The van der Waals surface area contributed by atoms with Gasteiger partial charge in [0, 0.05) is 6.04 Å². The molecule has 0 fully saturated rings. The van der Waals surface area contributed by atoms with E-state index in [0.29, 0.717) is 11.5 Å². The van der Waals surface area contributed by atoms with E-state index in [1.807, 2.05) is 78.9 Å². The van der Waals surface area contributed by atoms with Gasteiger partial charge in [0.05, 0.1) is 0 Å². The van der Waals surface area contributed by atoms with Crippen LogP contribution in [-0.2, 0) is 0 Å². The first-order valence-corrected chi connectivity index (χ1v) is 8.79. The molecule has 3 heteroatoms. The lowest BCUT2D eigenvalue weighted by molar-refractivity contribution is 0.325. The fourth-order valence-corrected chi connectivity index (χ4v) is 2.61. The number of rotatable bonds is 5. The van der Waals surface area contributed by atoms with Crippen molar-refractivity contribution in [3.8, 4) is 23.0 Å². The van der Waals surface area contributed by atoms with Crippen molar-refractivity contribution >= 4 is 0 Å². The van der Waals surface area contributed by atoms with Crippen LogP contribution in [0, 0.1) is 5.41 Å². The first-order valence-electron chi connectivity index (χ1n) is 8.79. The minimum absolute atomic E-state index is 0.0498. The smallest absolute Gasteiger partial charge is 0.170 e. The van der Waals surface area contributed by atoms with Gasteiger partial charge in [-0.2, -0.15) is 0 Å². The van der Waals surface area contributed by atoms with E-state index in [9.17, 15) is 0 Å². The van der Waals surface area contributed by atoms with Gasteiger partial charge in [-0.3, -0.25) is 0 Å². The minimum Gasteiger partial charge on any atom is -0.453 e. The van der Waals surface area contributed by atoms with Gasteiger partial charge in [-0.1, -0.05) is 63.2 Å². The maximum Gasteiger partial charge on any atom is 0.170 e. The van der Waals surface area contributed by atoms with Crippen molar-refractivity contribution in [2.75, 3.05) is 0 Å². The summed E-state index contributed by atoms with van der Waals surface area (Å²) in [5, 5.41) is 0. The molecule has 0 amide bonds. The van der Waals surface area contributed by atoms with Crippen molar-refractivity contribution in [3.05, 3.63) is 84.4 Å². The summed E-state index contributed by atoms with van der Waals surface area (Å²) in [5.74, 6) is 2.83. The molecular formula is C23H25NO2. The van der Waals surface area contributed by atoms with E-state index in [0.717, 1.165) is 17.1 Å². The number of ether oxygens (including phenoxy) is 2. The zero-order valence-corrected chi connectivity index (χ0v) is 15.5. The summed E-state index contributed by atoms with van der Waals surface area (Å²) in [5.41, 5.74) is 7.41. The third-order valence-electron chi connectivity index (χ3n) is 4.20. The van der Waals surface area contributed by atoms with Gasteiger partial charge in [-0.05, 0) is 47.4 Å². The van der Waals surface area contributed by atoms with Gasteiger partial charge in [0.25, 0.3) is 0 Å². The Hall–Kier alpha value is -2.78. The van der Waals surface area contributed by atoms with E-state index >= 15 is 0 Å². The second-order valence-electron chi connectivity index (χ2n) is 7.38. The van der Waals surface area contributed by atoms with Crippen molar-refractivity contribution < 1.29 is 9.47 Å². The summed E-state index contributed by atoms with van der Waals surface area (Å²) in [4.78, 5) is 0. The summed E-state index contributed by atoms with van der Waals surface area (Å²) in [6.07, 6.45) is 0. The Balaban J connectivity index is 1.97. The number of para-hydroxylation sites is 2. The molecule has 3 aromatic rings. The van der Waals surface area contributed by atoms with Gasteiger partial charge in [0.1, 0.15) is 11.5 Å². The van der Waals surface area contributed by atoms with Crippen molar-refractivity contribution in [3.63, 3.8) is 0 Å². The monoisotopic (exact) mass is 347 g/mol. The third-order valence-corrected chi connectivity index (χ3v) is 4.20. The van der Waals surface area contributed by atoms with Gasteiger partial charge >= 0.3 is 0 Å². The molecule has 0 aliphatic heterocycles. The molecule has 134 valence electrons. The van der Waals surface area contributed by atoms with E-state index in [4.69, 9.17) is 15.2 Å². The largest absolute Gasteiger partial charge is 0.453 e. The predicted molar refractivity (Wildman–Crippen MR) is 106 cm³/mol. The van der Waals surface area contributed by atoms with Crippen LogP contribution < -0.4 is 15.2 Å². The Morgan fingerprint density at radius 1 is 0.692 bits per heavy atom. The second-order valence-corrected chi connectivity index (χ2v) is 7.38. The lowest BCUT2D eigenvalue weighted by Crippen LogP contribution is -2.26. The molecule has 0 heterocycles. The Morgan fingerprint density at radius 2 is 1.19 bits per heavy atom. The van der Waals surface area contributed by atoms with Crippen LogP contribution in [0.3, 0.4) is 0 Å². The predicted octanol–water partition coefficient (Wildman–Crippen LogP) is 6.32. The third kappa shape index (κ3) is 4.44. The zero-order valence-electron chi connectivity index (χ0n) is 15.5. The molecule has 0 saturated heterocycles. The number of nitrogens with two attached hydrogens (primary N) is 1. The fourth-order valence-electron chi connectivity index (χ4n) is 2.61. The minimum atomic E-state index is -0.105. The maximum absolute atomic E-state index is 6.44. The average molecular weight is 347 g/mol. The van der Waals surface area contributed by atoms with Gasteiger partial charge in [0.2, 0.25) is 0 Å². The number of hydrogen-bond donors (Lipinski definition) is 1. The molecule has 0 spiro atoms. The molecule has 0 saturated carbocycles. The summed E-state index contributed by atoms with van der Waals surface area (Å²) in [6.45, 7) is 6.39. The van der Waals surface area contributed by atoms with Gasteiger partial charge in [-0.15, -0.1) is 0 Å². The molecule has 0 radical (unpaired) electrons. The van der Waals surface area contributed by atoms with E-state index in [-0.39, 0.29) is 11.5 Å². The summed E-state index contributed by atoms with van der Waals surface area (Å²) in [7, 11) is 0. The quantitative estimate of drug-likeness (QED) is 0.587. The number of benzene rings is 3. The maximum atomic E-state index is 6.44.